The van der Waals surface area contributed by atoms with Crippen molar-refractivity contribution in [2.24, 2.45) is 12.1 Å². The minimum atomic E-state index is 0.561. The zero-order valence-electron chi connectivity index (χ0n) is 9.06. The van der Waals surface area contributed by atoms with Gasteiger partial charge < -0.3 is 4.57 Å². The Morgan fingerprint density at radius 3 is 2.94 bits per heavy atom. The molecule has 88 valence electrons. The summed E-state index contributed by atoms with van der Waals surface area (Å²) < 4.78 is 1.85. The van der Waals surface area contributed by atoms with Crippen LogP contribution >= 0.6 is 23.2 Å². The standard InChI is InChI=1S/C11H10Cl2N4/c1-17-5-4-14-11(17)7-15-16-10-6-8(12)2-3-9(10)13/h2-7,16H,1H3. The van der Waals surface area contributed by atoms with E-state index in [1.807, 2.05) is 17.8 Å². The zero-order chi connectivity index (χ0) is 12.3. The van der Waals surface area contributed by atoms with Crippen LogP contribution in [0.5, 0.6) is 0 Å². The van der Waals surface area contributed by atoms with Gasteiger partial charge in [0, 0.05) is 24.5 Å². The fourth-order valence-electron chi connectivity index (χ4n) is 1.24. The first-order valence-corrected chi connectivity index (χ1v) is 5.64. The SMILES string of the molecule is Cn1ccnc1C=NNc1cc(Cl)ccc1Cl. The second-order valence-electron chi connectivity index (χ2n) is 3.39. The van der Waals surface area contributed by atoms with Gasteiger partial charge in [0.25, 0.3) is 0 Å². The maximum Gasteiger partial charge on any atom is 0.152 e. The van der Waals surface area contributed by atoms with Gasteiger partial charge in [-0.2, -0.15) is 5.10 Å². The van der Waals surface area contributed by atoms with Gasteiger partial charge in [-0.3, -0.25) is 5.43 Å². The number of aromatic nitrogens is 2. The highest BCUT2D eigenvalue weighted by Crippen LogP contribution is 2.25. The molecule has 0 aliphatic rings. The number of aryl methyl sites for hydroxylation is 1. The maximum atomic E-state index is 5.97. The molecule has 0 fully saturated rings. The van der Waals surface area contributed by atoms with E-state index >= 15 is 0 Å². The summed E-state index contributed by atoms with van der Waals surface area (Å²) in [5.74, 6) is 0.746. The third-order valence-electron chi connectivity index (χ3n) is 2.15. The molecule has 2 rings (SSSR count). The molecule has 0 saturated carbocycles. The van der Waals surface area contributed by atoms with Gasteiger partial charge in [-0.15, -0.1) is 0 Å². The van der Waals surface area contributed by atoms with Crippen LogP contribution in [0, 0.1) is 0 Å². The molecule has 4 nitrogen and oxygen atoms in total. The highest BCUT2D eigenvalue weighted by atomic mass is 35.5. The van der Waals surface area contributed by atoms with Gasteiger partial charge in [0.1, 0.15) is 0 Å². The number of hydrogen-bond donors (Lipinski definition) is 1. The Labute approximate surface area is 109 Å². The fourth-order valence-corrected chi connectivity index (χ4v) is 1.58. The molecule has 0 aliphatic carbocycles. The summed E-state index contributed by atoms with van der Waals surface area (Å²) in [7, 11) is 1.89. The minimum Gasteiger partial charge on any atom is -0.333 e. The number of benzene rings is 1. The fraction of sp³-hybridized carbons (Fsp3) is 0.0909. The molecule has 0 atom stereocenters. The molecule has 1 N–H and O–H groups in total. The summed E-state index contributed by atoms with van der Waals surface area (Å²) >= 11 is 11.8. The average Bonchev–Trinajstić information content (AvgIpc) is 2.70. The lowest BCUT2D eigenvalue weighted by molar-refractivity contribution is 0.901. The molecule has 1 aromatic heterocycles. The lowest BCUT2D eigenvalue weighted by Crippen LogP contribution is -1.98. The molecule has 17 heavy (non-hydrogen) atoms. The number of nitrogens with zero attached hydrogens (tertiary/aromatic N) is 3. The lowest BCUT2D eigenvalue weighted by atomic mass is 10.3. The van der Waals surface area contributed by atoms with E-state index in [0.29, 0.717) is 15.7 Å². The van der Waals surface area contributed by atoms with Gasteiger partial charge in [0.15, 0.2) is 5.82 Å². The third kappa shape index (κ3) is 2.99. The number of rotatable bonds is 3. The predicted molar refractivity (Wildman–Crippen MR) is 70.9 cm³/mol. The van der Waals surface area contributed by atoms with E-state index < -0.39 is 0 Å². The van der Waals surface area contributed by atoms with Crippen LogP contribution in [0.25, 0.3) is 0 Å². The second-order valence-corrected chi connectivity index (χ2v) is 4.23. The molecule has 1 heterocycles. The van der Waals surface area contributed by atoms with Gasteiger partial charge >= 0.3 is 0 Å². The normalized spacial score (nSPS) is 11.0. The highest BCUT2D eigenvalue weighted by molar-refractivity contribution is 6.35. The van der Waals surface area contributed by atoms with Crippen LogP contribution in [-0.2, 0) is 7.05 Å². The number of imidazole rings is 1. The smallest absolute Gasteiger partial charge is 0.152 e. The van der Waals surface area contributed by atoms with Crippen LogP contribution < -0.4 is 5.43 Å². The number of halogens is 2. The first-order valence-electron chi connectivity index (χ1n) is 4.88. The van der Waals surface area contributed by atoms with Crippen LogP contribution in [0.15, 0.2) is 35.7 Å². The molecular formula is C11H10Cl2N4. The van der Waals surface area contributed by atoms with Crippen molar-refractivity contribution in [1.82, 2.24) is 9.55 Å². The molecule has 0 saturated heterocycles. The lowest BCUT2D eigenvalue weighted by Gasteiger charge is -2.03. The van der Waals surface area contributed by atoms with E-state index in [2.05, 4.69) is 15.5 Å². The number of hydrogen-bond acceptors (Lipinski definition) is 3. The Balaban J connectivity index is 2.10. The van der Waals surface area contributed by atoms with Gasteiger partial charge in [-0.1, -0.05) is 23.2 Å². The Morgan fingerprint density at radius 1 is 1.41 bits per heavy atom. The van der Waals surface area contributed by atoms with Crippen molar-refractivity contribution in [3.05, 3.63) is 46.5 Å². The van der Waals surface area contributed by atoms with Crippen LogP contribution in [0.1, 0.15) is 5.82 Å². The first-order chi connectivity index (χ1) is 8.16. The quantitative estimate of drug-likeness (QED) is 0.686. The Kier molecular flexibility index (Phi) is 3.66. The molecule has 0 radical (unpaired) electrons. The van der Waals surface area contributed by atoms with Crippen molar-refractivity contribution >= 4 is 35.1 Å². The van der Waals surface area contributed by atoms with Crippen molar-refractivity contribution in [2.45, 2.75) is 0 Å². The van der Waals surface area contributed by atoms with Gasteiger partial charge in [-0.05, 0) is 18.2 Å². The van der Waals surface area contributed by atoms with Crippen molar-refractivity contribution < 1.29 is 0 Å². The van der Waals surface area contributed by atoms with E-state index in [0.717, 1.165) is 5.82 Å². The molecule has 0 spiro atoms. The van der Waals surface area contributed by atoms with E-state index in [1.165, 1.54) is 0 Å². The maximum absolute atomic E-state index is 5.97. The first kappa shape index (κ1) is 12.0. The Morgan fingerprint density at radius 2 is 2.24 bits per heavy atom. The number of anilines is 1. The van der Waals surface area contributed by atoms with Crippen LogP contribution in [0.2, 0.25) is 10.0 Å². The number of hydrazone groups is 1. The summed E-state index contributed by atoms with van der Waals surface area (Å²) in [5.41, 5.74) is 3.48. The van der Waals surface area contributed by atoms with Crippen molar-refractivity contribution in [1.29, 1.82) is 0 Å². The number of nitrogens with one attached hydrogen (secondary N) is 1. The molecule has 0 bridgehead atoms. The van der Waals surface area contributed by atoms with E-state index in [1.54, 1.807) is 30.6 Å². The topological polar surface area (TPSA) is 42.2 Å². The summed E-state index contributed by atoms with van der Waals surface area (Å²) in [6, 6.07) is 5.14. The monoisotopic (exact) mass is 268 g/mol. The third-order valence-corrected chi connectivity index (χ3v) is 2.72. The summed E-state index contributed by atoms with van der Waals surface area (Å²) in [6.07, 6.45) is 5.15. The molecule has 0 unspecified atom stereocenters. The Bertz CT molecular complexity index is 548. The predicted octanol–water partition coefficient (Wildman–Crippen LogP) is 3.17. The van der Waals surface area contributed by atoms with Gasteiger partial charge in [-0.25, -0.2) is 4.98 Å². The minimum absolute atomic E-state index is 0.561. The second kappa shape index (κ2) is 5.21. The van der Waals surface area contributed by atoms with E-state index in [9.17, 15) is 0 Å². The van der Waals surface area contributed by atoms with Gasteiger partial charge in [0.2, 0.25) is 0 Å². The molecule has 0 amide bonds. The van der Waals surface area contributed by atoms with Crippen molar-refractivity contribution in [3.63, 3.8) is 0 Å². The van der Waals surface area contributed by atoms with Crippen molar-refractivity contribution in [2.75, 3.05) is 5.43 Å². The summed E-state index contributed by atoms with van der Waals surface area (Å²) in [6.45, 7) is 0. The van der Waals surface area contributed by atoms with E-state index in [4.69, 9.17) is 23.2 Å². The van der Waals surface area contributed by atoms with Crippen LogP contribution in [-0.4, -0.2) is 15.8 Å². The summed E-state index contributed by atoms with van der Waals surface area (Å²) in [4.78, 5) is 4.10. The van der Waals surface area contributed by atoms with Gasteiger partial charge in [0.05, 0.1) is 16.9 Å². The highest BCUT2D eigenvalue weighted by Gasteiger charge is 1.99. The molecule has 1 aromatic carbocycles. The zero-order valence-corrected chi connectivity index (χ0v) is 10.6. The molecular weight excluding hydrogens is 259 g/mol. The van der Waals surface area contributed by atoms with Crippen LogP contribution in [0.3, 0.4) is 0 Å². The average molecular weight is 269 g/mol. The summed E-state index contributed by atoms with van der Waals surface area (Å²) in [5, 5.41) is 5.21. The molecule has 2 aromatic rings. The Hall–Kier alpha value is -1.52. The molecule has 0 aliphatic heterocycles. The van der Waals surface area contributed by atoms with E-state index in [-0.39, 0.29) is 0 Å². The van der Waals surface area contributed by atoms with Crippen LogP contribution in [0.4, 0.5) is 5.69 Å². The largest absolute Gasteiger partial charge is 0.333 e. The molecule has 6 heteroatoms. The van der Waals surface area contributed by atoms with Crippen molar-refractivity contribution in [3.8, 4) is 0 Å².